The number of rotatable bonds is 8. The van der Waals surface area contributed by atoms with E-state index in [2.05, 4.69) is 15.4 Å². The second-order valence-corrected chi connectivity index (χ2v) is 8.26. The zero-order valence-corrected chi connectivity index (χ0v) is 18.5. The third-order valence-electron chi connectivity index (χ3n) is 4.67. The van der Waals surface area contributed by atoms with E-state index in [1.165, 1.54) is 11.3 Å². The molecule has 3 aromatic heterocycles. The van der Waals surface area contributed by atoms with Crippen molar-refractivity contribution in [1.29, 1.82) is 0 Å². The number of amides is 1. The largest absolute Gasteiger partial charge is 0.453 e. The van der Waals surface area contributed by atoms with Crippen molar-refractivity contribution in [2.24, 2.45) is 0 Å². The van der Waals surface area contributed by atoms with Gasteiger partial charge in [-0.1, -0.05) is 12.1 Å². The lowest BCUT2D eigenvalue weighted by molar-refractivity contribution is -0.115. The van der Waals surface area contributed by atoms with E-state index in [0.717, 1.165) is 16.8 Å². The number of nitrogens with zero attached hydrogens (tertiary/aromatic N) is 3. The maximum absolute atomic E-state index is 12.4. The SMILES string of the molecule is Cc1ccc(C)c(NC(=O)Cc2nc(COC(=O)c3ccc(Cn4cccn4)o3)cs2)c1. The Balaban J connectivity index is 1.27. The Morgan fingerprint density at radius 2 is 2.09 bits per heavy atom. The molecule has 9 heteroatoms. The average Bonchev–Trinajstić information content (AvgIpc) is 3.52. The molecule has 1 aromatic carbocycles. The molecule has 0 bridgehead atoms. The number of thiazole rings is 1. The summed E-state index contributed by atoms with van der Waals surface area (Å²) in [6.07, 6.45) is 3.64. The molecule has 0 saturated carbocycles. The van der Waals surface area contributed by atoms with Gasteiger partial charge < -0.3 is 14.5 Å². The Kier molecular flexibility index (Phi) is 6.46. The Hall–Kier alpha value is -3.72. The summed E-state index contributed by atoms with van der Waals surface area (Å²) in [4.78, 5) is 29.0. The van der Waals surface area contributed by atoms with E-state index in [9.17, 15) is 9.59 Å². The molecule has 4 aromatic rings. The van der Waals surface area contributed by atoms with Crippen LogP contribution < -0.4 is 5.32 Å². The Bertz CT molecular complexity index is 1230. The molecular formula is C23H22N4O4S. The second-order valence-electron chi connectivity index (χ2n) is 7.32. The molecule has 32 heavy (non-hydrogen) atoms. The molecule has 0 spiro atoms. The predicted molar refractivity (Wildman–Crippen MR) is 120 cm³/mol. The minimum Gasteiger partial charge on any atom is -0.453 e. The van der Waals surface area contributed by atoms with Crippen molar-refractivity contribution in [1.82, 2.24) is 14.8 Å². The fraction of sp³-hybridized carbons (Fsp3) is 0.217. The van der Waals surface area contributed by atoms with Gasteiger partial charge in [0.15, 0.2) is 0 Å². The predicted octanol–water partition coefficient (Wildman–Crippen LogP) is 4.14. The van der Waals surface area contributed by atoms with Gasteiger partial charge in [-0.25, -0.2) is 9.78 Å². The molecule has 0 aliphatic carbocycles. The summed E-state index contributed by atoms with van der Waals surface area (Å²) >= 11 is 1.35. The number of benzene rings is 1. The number of nitrogens with one attached hydrogen (secondary N) is 1. The van der Waals surface area contributed by atoms with E-state index in [1.54, 1.807) is 28.4 Å². The van der Waals surface area contributed by atoms with Gasteiger partial charge in [-0.3, -0.25) is 9.48 Å². The summed E-state index contributed by atoms with van der Waals surface area (Å²) in [5, 5.41) is 9.45. The van der Waals surface area contributed by atoms with Crippen molar-refractivity contribution >= 4 is 28.9 Å². The van der Waals surface area contributed by atoms with Gasteiger partial charge in [-0.05, 0) is 49.2 Å². The number of hydrogen-bond donors (Lipinski definition) is 1. The van der Waals surface area contributed by atoms with Gasteiger partial charge in [0.05, 0.1) is 18.7 Å². The average molecular weight is 451 g/mol. The maximum atomic E-state index is 12.4. The van der Waals surface area contributed by atoms with E-state index in [-0.39, 0.29) is 24.7 Å². The lowest BCUT2D eigenvalue weighted by atomic mass is 10.1. The third-order valence-corrected chi connectivity index (χ3v) is 5.57. The number of aromatic nitrogens is 3. The van der Waals surface area contributed by atoms with E-state index in [0.29, 0.717) is 23.0 Å². The molecule has 0 radical (unpaired) electrons. The van der Waals surface area contributed by atoms with Gasteiger partial charge in [-0.15, -0.1) is 11.3 Å². The molecule has 0 aliphatic heterocycles. The first-order valence-electron chi connectivity index (χ1n) is 10.00. The Morgan fingerprint density at radius 3 is 2.91 bits per heavy atom. The maximum Gasteiger partial charge on any atom is 0.374 e. The number of furan rings is 1. The summed E-state index contributed by atoms with van der Waals surface area (Å²) in [6, 6.07) is 11.0. The van der Waals surface area contributed by atoms with Crippen molar-refractivity contribution in [3.8, 4) is 0 Å². The van der Waals surface area contributed by atoms with Gasteiger partial charge in [-0.2, -0.15) is 5.10 Å². The monoisotopic (exact) mass is 450 g/mol. The molecule has 0 unspecified atom stereocenters. The Labute approximate surface area is 188 Å². The first-order valence-corrected chi connectivity index (χ1v) is 10.9. The number of esters is 1. The normalized spacial score (nSPS) is 10.8. The Morgan fingerprint density at radius 1 is 1.22 bits per heavy atom. The van der Waals surface area contributed by atoms with E-state index < -0.39 is 5.97 Å². The van der Waals surface area contributed by atoms with Crippen LogP contribution in [0.2, 0.25) is 0 Å². The number of hydrogen-bond acceptors (Lipinski definition) is 7. The molecule has 0 saturated heterocycles. The summed E-state index contributed by atoms with van der Waals surface area (Å²) in [5.74, 6) is 0.0118. The summed E-state index contributed by atoms with van der Waals surface area (Å²) in [6.45, 7) is 4.36. The number of anilines is 1. The molecule has 0 fully saturated rings. The van der Waals surface area contributed by atoms with Crippen LogP contribution in [0.1, 0.15) is 38.1 Å². The number of aryl methyl sites for hydroxylation is 2. The van der Waals surface area contributed by atoms with E-state index >= 15 is 0 Å². The van der Waals surface area contributed by atoms with E-state index in [4.69, 9.17) is 9.15 Å². The highest BCUT2D eigenvalue weighted by Gasteiger charge is 2.15. The van der Waals surface area contributed by atoms with Gasteiger partial charge in [0, 0.05) is 23.5 Å². The molecule has 4 rings (SSSR count). The molecule has 0 atom stereocenters. The van der Waals surface area contributed by atoms with Crippen molar-refractivity contribution in [3.05, 3.63) is 87.5 Å². The summed E-state index contributed by atoms with van der Waals surface area (Å²) < 4.78 is 12.5. The zero-order chi connectivity index (χ0) is 22.5. The van der Waals surface area contributed by atoms with Crippen molar-refractivity contribution < 1.29 is 18.7 Å². The molecule has 164 valence electrons. The molecule has 3 heterocycles. The number of ether oxygens (including phenoxy) is 1. The van der Waals surface area contributed by atoms with Gasteiger partial charge >= 0.3 is 5.97 Å². The van der Waals surface area contributed by atoms with Gasteiger partial charge in [0.1, 0.15) is 17.4 Å². The lowest BCUT2D eigenvalue weighted by Gasteiger charge is -2.08. The number of carbonyl (C=O) groups excluding carboxylic acids is 2. The van der Waals surface area contributed by atoms with E-state index in [1.807, 2.05) is 44.3 Å². The fourth-order valence-electron chi connectivity index (χ4n) is 3.04. The number of carbonyl (C=O) groups is 2. The summed E-state index contributed by atoms with van der Waals surface area (Å²) in [7, 11) is 0. The standard InChI is InChI=1S/C23H22N4O4S/c1-15-4-5-16(2)19(10-15)26-21(28)11-22-25-17(14-32-22)13-30-23(29)20-7-6-18(31-20)12-27-9-3-8-24-27/h3-10,14H,11-13H2,1-2H3,(H,26,28). The van der Waals surface area contributed by atoms with Crippen LogP contribution in [0.25, 0.3) is 0 Å². The molecule has 0 aliphatic rings. The van der Waals surface area contributed by atoms with Crippen molar-refractivity contribution in [2.75, 3.05) is 5.32 Å². The van der Waals surface area contributed by atoms with Crippen molar-refractivity contribution in [2.45, 2.75) is 33.4 Å². The van der Waals surface area contributed by atoms with Gasteiger partial charge in [0.2, 0.25) is 11.7 Å². The summed E-state index contributed by atoms with van der Waals surface area (Å²) in [5.41, 5.74) is 3.46. The highest BCUT2D eigenvalue weighted by Crippen LogP contribution is 2.18. The first-order chi connectivity index (χ1) is 15.5. The van der Waals surface area contributed by atoms with Crippen LogP contribution in [0.5, 0.6) is 0 Å². The zero-order valence-electron chi connectivity index (χ0n) is 17.7. The van der Waals surface area contributed by atoms with Crippen LogP contribution in [-0.2, 0) is 29.1 Å². The smallest absolute Gasteiger partial charge is 0.374 e. The topological polar surface area (TPSA) is 99.2 Å². The van der Waals surface area contributed by atoms with Crippen LogP contribution in [0.3, 0.4) is 0 Å². The lowest BCUT2D eigenvalue weighted by Crippen LogP contribution is -2.15. The highest BCUT2D eigenvalue weighted by atomic mass is 32.1. The molecule has 1 amide bonds. The van der Waals surface area contributed by atoms with Crippen LogP contribution in [0.4, 0.5) is 5.69 Å². The molecular weight excluding hydrogens is 428 g/mol. The van der Waals surface area contributed by atoms with Crippen LogP contribution in [-0.4, -0.2) is 26.6 Å². The van der Waals surface area contributed by atoms with Crippen LogP contribution >= 0.6 is 11.3 Å². The molecule has 1 N–H and O–H groups in total. The third kappa shape index (κ3) is 5.50. The molecule has 8 nitrogen and oxygen atoms in total. The minimum absolute atomic E-state index is 0.00311. The first kappa shape index (κ1) is 21.5. The van der Waals surface area contributed by atoms with Crippen LogP contribution in [0, 0.1) is 13.8 Å². The van der Waals surface area contributed by atoms with Crippen molar-refractivity contribution in [3.63, 3.8) is 0 Å². The quantitative estimate of drug-likeness (QED) is 0.405. The second kappa shape index (κ2) is 9.61. The highest BCUT2D eigenvalue weighted by molar-refractivity contribution is 7.09. The van der Waals surface area contributed by atoms with Gasteiger partial charge in [0.25, 0.3) is 0 Å². The van der Waals surface area contributed by atoms with Crippen LogP contribution in [0.15, 0.2) is 58.6 Å². The fourth-order valence-corrected chi connectivity index (χ4v) is 3.81. The minimum atomic E-state index is -0.570.